The summed E-state index contributed by atoms with van der Waals surface area (Å²) < 4.78 is 39.9. The van der Waals surface area contributed by atoms with Crippen molar-refractivity contribution < 1.29 is 17.6 Å². The van der Waals surface area contributed by atoms with Crippen LogP contribution in [0.4, 0.5) is 15.8 Å². The molecule has 0 unspecified atom stereocenters. The van der Waals surface area contributed by atoms with Gasteiger partial charge in [-0.2, -0.15) is 4.72 Å². The van der Waals surface area contributed by atoms with Crippen LogP contribution in [0.3, 0.4) is 0 Å². The smallest absolute Gasteiger partial charge is 0.262 e. The Morgan fingerprint density at radius 2 is 2.00 bits per heavy atom. The SMILES string of the molecule is Cc1ccc(NC(=O)[C@H]2Nc3cc(F)ccc3S(=O)(=O)N2)cc1Cl. The van der Waals surface area contributed by atoms with E-state index >= 15 is 0 Å². The van der Waals surface area contributed by atoms with Crippen LogP contribution in [0.1, 0.15) is 5.56 Å². The predicted octanol–water partition coefficient (Wildman–Crippen LogP) is 2.46. The summed E-state index contributed by atoms with van der Waals surface area (Å²) in [5, 5.41) is 5.69. The van der Waals surface area contributed by atoms with Crippen LogP contribution in [-0.2, 0) is 14.8 Å². The Balaban J connectivity index is 1.85. The van der Waals surface area contributed by atoms with Gasteiger partial charge in [0.2, 0.25) is 10.0 Å². The van der Waals surface area contributed by atoms with Gasteiger partial charge in [-0.1, -0.05) is 17.7 Å². The minimum atomic E-state index is -3.93. The van der Waals surface area contributed by atoms with Gasteiger partial charge in [0.1, 0.15) is 10.7 Å². The standard InChI is InChI=1S/C15H13ClFN3O3S/c1-8-2-4-10(7-11(8)16)18-15(21)14-19-12-6-9(17)3-5-13(12)24(22,23)20-14/h2-7,14,19-20H,1H3,(H,18,21)/t14-/m0/s1. The highest BCUT2D eigenvalue weighted by molar-refractivity contribution is 7.89. The molecule has 0 saturated carbocycles. The number of hydrogen-bond acceptors (Lipinski definition) is 4. The second-order valence-corrected chi connectivity index (χ2v) is 7.38. The molecule has 0 radical (unpaired) electrons. The highest BCUT2D eigenvalue weighted by atomic mass is 35.5. The Labute approximate surface area is 143 Å². The van der Waals surface area contributed by atoms with E-state index in [2.05, 4.69) is 15.4 Å². The molecule has 3 rings (SSSR count). The van der Waals surface area contributed by atoms with E-state index < -0.39 is 27.9 Å². The number of aryl methyl sites for hydroxylation is 1. The average Bonchev–Trinajstić information content (AvgIpc) is 2.49. The van der Waals surface area contributed by atoms with Crippen molar-refractivity contribution in [2.24, 2.45) is 0 Å². The third-order valence-corrected chi connectivity index (χ3v) is 5.39. The van der Waals surface area contributed by atoms with Gasteiger partial charge >= 0.3 is 0 Å². The number of carbonyl (C=O) groups excluding carboxylic acids is 1. The van der Waals surface area contributed by atoms with E-state index in [9.17, 15) is 17.6 Å². The van der Waals surface area contributed by atoms with Gasteiger partial charge in [0.05, 0.1) is 5.69 Å². The summed E-state index contributed by atoms with van der Waals surface area (Å²) in [5.74, 6) is -1.25. The second-order valence-electron chi connectivity index (χ2n) is 5.29. The van der Waals surface area contributed by atoms with Crippen LogP contribution in [0, 0.1) is 12.7 Å². The number of carbonyl (C=O) groups is 1. The van der Waals surface area contributed by atoms with Crippen LogP contribution < -0.4 is 15.4 Å². The number of hydrogen-bond donors (Lipinski definition) is 3. The van der Waals surface area contributed by atoms with E-state index in [4.69, 9.17) is 11.6 Å². The number of anilines is 2. The van der Waals surface area contributed by atoms with E-state index in [1.165, 1.54) is 0 Å². The normalized spacial score (nSPS) is 18.4. The molecular weight excluding hydrogens is 357 g/mol. The first-order valence-corrected chi connectivity index (χ1v) is 8.78. The van der Waals surface area contributed by atoms with Crippen molar-refractivity contribution in [1.29, 1.82) is 0 Å². The highest BCUT2D eigenvalue weighted by Gasteiger charge is 2.33. The molecule has 1 atom stereocenters. The average molecular weight is 370 g/mol. The lowest BCUT2D eigenvalue weighted by molar-refractivity contribution is -0.117. The van der Waals surface area contributed by atoms with Gasteiger partial charge in [0.15, 0.2) is 6.17 Å². The zero-order valence-corrected chi connectivity index (χ0v) is 14.0. The Morgan fingerprint density at radius 1 is 1.25 bits per heavy atom. The Hall–Kier alpha value is -2.16. The highest BCUT2D eigenvalue weighted by Crippen LogP contribution is 2.27. The molecule has 0 saturated heterocycles. The minimum Gasteiger partial charge on any atom is -0.360 e. The molecule has 6 nitrogen and oxygen atoms in total. The third kappa shape index (κ3) is 3.21. The van der Waals surface area contributed by atoms with Gasteiger partial charge < -0.3 is 10.6 Å². The topological polar surface area (TPSA) is 87.3 Å². The summed E-state index contributed by atoms with van der Waals surface area (Å²) in [7, 11) is -3.93. The molecule has 0 fully saturated rings. The zero-order valence-electron chi connectivity index (χ0n) is 12.4. The van der Waals surface area contributed by atoms with E-state index in [0.29, 0.717) is 10.7 Å². The maximum Gasteiger partial charge on any atom is 0.262 e. The molecule has 24 heavy (non-hydrogen) atoms. The first kappa shape index (κ1) is 16.7. The number of nitrogens with one attached hydrogen (secondary N) is 3. The molecule has 3 N–H and O–H groups in total. The van der Waals surface area contributed by atoms with Gasteiger partial charge in [0, 0.05) is 10.7 Å². The largest absolute Gasteiger partial charge is 0.360 e. The fraction of sp³-hybridized carbons (Fsp3) is 0.133. The Bertz CT molecular complexity index is 934. The van der Waals surface area contributed by atoms with E-state index in [1.807, 2.05) is 6.92 Å². The molecule has 2 aromatic rings. The van der Waals surface area contributed by atoms with Crippen molar-refractivity contribution in [3.8, 4) is 0 Å². The molecule has 9 heteroatoms. The fourth-order valence-corrected chi connectivity index (χ4v) is 3.70. The summed E-state index contributed by atoms with van der Waals surface area (Å²) in [6.07, 6.45) is -1.27. The number of sulfonamides is 1. The zero-order chi connectivity index (χ0) is 17.5. The number of benzene rings is 2. The maximum atomic E-state index is 13.3. The number of fused-ring (bicyclic) bond motifs is 1. The molecule has 0 aliphatic carbocycles. The lowest BCUT2D eigenvalue weighted by Crippen LogP contribution is -2.51. The summed E-state index contributed by atoms with van der Waals surface area (Å²) >= 11 is 5.99. The number of halogens is 2. The summed E-state index contributed by atoms with van der Waals surface area (Å²) in [4.78, 5) is 12.2. The van der Waals surface area contributed by atoms with Gasteiger partial charge in [0.25, 0.3) is 5.91 Å². The lowest BCUT2D eigenvalue weighted by atomic mass is 10.2. The molecule has 126 valence electrons. The minimum absolute atomic E-state index is 0.0239. The summed E-state index contributed by atoms with van der Waals surface area (Å²) in [5.41, 5.74) is 1.29. The van der Waals surface area contributed by atoms with Crippen molar-refractivity contribution in [3.05, 3.63) is 52.8 Å². The van der Waals surface area contributed by atoms with Crippen molar-refractivity contribution in [3.63, 3.8) is 0 Å². The maximum absolute atomic E-state index is 13.3. The lowest BCUT2D eigenvalue weighted by Gasteiger charge is -2.27. The van der Waals surface area contributed by atoms with Gasteiger partial charge in [-0.15, -0.1) is 0 Å². The molecule has 1 heterocycles. The molecule has 2 aromatic carbocycles. The van der Waals surface area contributed by atoms with Crippen molar-refractivity contribution >= 4 is 38.9 Å². The number of rotatable bonds is 2. The van der Waals surface area contributed by atoms with Gasteiger partial charge in [-0.25, -0.2) is 12.8 Å². The first-order valence-electron chi connectivity index (χ1n) is 6.92. The van der Waals surface area contributed by atoms with Crippen LogP contribution >= 0.6 is 11.6 Å². The third-order valence-electron chi connectivity index (χ3n) is 3.51. The van der Waals surface area contributed by atoms with Crippen LogP contribution in [-0.4, -0.2) is 20.5 Å². The van der Waals surface area contributed by atoms with Crippen molar-refractivity contribution in [2.45, 2.75) is 18.0 Å². The van der Waals surface area contributed by atoms with E-state index in [0.717, 1.165) is 23.8 Å². The first-order chi connectivity index (χ1) is 11.3. The number of amides is 1. The van der Waals surface area contributed by atoms with Gasteiger partial charge in [-0.05, 0) is 42.8 Å². The molecular formula is C15H13ClFN3O3S. The van der Waals surface area contributed by atoms with Gasteiger partial charge in [-0.3, -0.25) is 4.79 Å². The van der Waals surface area contributed by atoms with E-state index in [-0.39, 0.29) is 10.6 Å². The second kappa shape index (κ2) is 6.04. The molecule has 0 spiro atoms. The molecule has 1 amide bonds. The van der Waals surface area contributed by atoms with Crippen molar-refractivity contribution in [1.82, 2.24) is 4.72 Å². The van der Waals surface area contributed by atoms with Crippen LogP contribution in [0.15, 0.2) is 41.3 Å². The van der Waals surface area contributed by atoms with Crippen LogP contribution in [0.5, 0.6) is 0 Å². The predicted molar refractivity (Wildman–Crippen MR) is 89.0 cm³/mol. The summed E-state index contributed by atoms with van der Waals surface area (Å²) in [6, 6.07) is 8.12. The quantitative estimate of drug-likeness (QED) is 0.758. The monoisotopic (exact) mass is 369 g/mol. The molecule has 0 aromatic heterocycles. The molecule has 1 aliphatic heterocycles. The Morgan fingerprint density at radius 3 is 2.71 bits per heavy atom. The molecule has 1 aliphatic rings. The van der Waals surface area contributed by atoms with Crippen LogP contribution in [0.25, 0.3) is 0 Å². The van der Waals surface area contributed by atoms with E-state index in [1.54, 1.807) is 18.2 Å². The fourth-order valence-electron chi connectivity index (χ4n) is 2.26. The Kier molecular flexibility index (Phi) is 4.20. The van der Waals surface area contributed by atoms with Crippen molar-refractivity contribution in [2.75, 3.05) is 10.6 Å². The summed E-state index contributed by atoms with van der Waals surface area (Å²) in [6.45, 7) is 1.82. The van der Waals surface area contributed by atoms with Crippen LogP contribution in [0.2, 0.25) is 5.02 Å². The molecule has 0 bridgehead atoms.